The van der Waals surface area contributed by atoms with Crippen molar-refractivity contribution in [3.8, 4) is 6.07 Å². The molecule has 0 aliphatic rings. The molecule has 0 saturated heterocycles. The topological polar surface area (TPSA) is 92.7 Å². The number of hydrogen-bond acceptors (Lipinski definition) is 5. The van der Waals surface area contributed by atoms with Crippen molar-refractivity contribution in [2.75, 3.05) is 0 Å². The molecule has 6 heteroatoms. The summed E-state index contributed by atoms with van der Waals surface area (Å²) in [6.07, 6.45) is 1.46. The molecule has 1 aromatic carbocycles. The highest BCUT2D eigenvalue weighted by Crippen LogP contribution is 2.21. The van der Waals surface area contributed by atoms with Gasteiger partial charge in [-0.1, -0.05) is 0 Å². The van der Waals surface area contributed by atoms with Crippen LogP contribution in [-0.2, 0) is 6.42 Å². The van der Waals surface area contributed by atoms with Gasteiger partial charge in [-0.3, -0.25) is 10.1 Å². The molecule has 0 fully saturated rings. The zero-order valence-electron chi connectivity index (χ0n) is 8.12. The van der Waals surface area contributed by atoms with Crippen LogP contribution in [0.3, 0.4) is 0 Å². The second-order valence-corrected chi connectivity index (χ2v) is 3.11. The number of benzene rings is 1. The van der Waals surface area contributed by atoms with Gasteiger partial charge in [0.25, 0.3) is 5.69 Å². The molecule has 0 N–H and O–H groups in total. The summed E-state index contributed by atoms with van der Waals surface area (Å²) in [5, 5.41) is 19.8. The summed E-state index contributed by atoms with van der Waals surface area (Å²) >= 11 is 0. The van der Waals surface area contributed by atoms with Crippen LogP contribution < -0.4 is 0 Å². The Morgan fingerprint density at radius 3 is 2.94 bits per heavy atom. The number of nitrogens with zero attached hydrogens (tertiary/aromatic N) is 4. The van der Waals surface area contributed by atoms with Gasteiger partial charge in [-0.2, -0.15) is 5.26 Å². The zero-order chi connectivity index (χ0) is 11.5. The molecule has 0 aliphatic carbocycles. The maximum atomic E-state index is 10.6. The Labute approximate surface area is 90.3 Å². The molecule has 0 amide bonds. The number of nitriles is 1. The molecule has 0 aliphatic heterocycles. The molecule has 0 unspecified atom stereocenters. The van der Waals surface area contributed by atoms with Gasteiger partial charge in [0.15, 0.2) is 0 Å². The van der Waals surface area contributed by atoms with Crippen LogP contribution in [0.4, 0.5) is 5.69 Å². The molecule has 0 atom stereocenters. The van der Waals surface area contributed by atoms with Crippen LogP contribution in [0.2, 0.25) is 0 Å². The molecule has 0 radical (unpaired) electrons. The predicted molar refractivity (Wildman–Crippen MR) is 55.5 cm³/mol. The fraction of sp³-hybridized carbons (Fsp3) is 0.100. The molecular weight excluding hydrogens is 208 g/mol. The smallest absolute Gasteiger partial charge is 0.258 e. The molecule has 6 nitrogen and oxygen atoms in total. The highest BCUT2D eigenvalue weighted by molar-refractivity contribution is 5.83. The number of rotatable bonds is 2. The monoisotopic (exact) mass is 214 g/mol. The van der Waals surface area contributed by atoms with Crippen LogP contribution in [0, 0.1) is 21.4 Å². The molecular formula is C10H6N4O2. The minimum Gasteiger partial charge on any atom is -0.258 e. The van der Waals surface area contributed by atoms with Gasteiger partial charge < -0.3 is 0 Å². The van der Waals surface area contributed by atoms with Crippen LogP contribution in [0.1, 0.15) is 5.69 Å². The second kappa shape index (κ2) is 3.90. The summed E-state index contributed by atoms with van der Waals surface area (Å²) in [6.45, 7) is 0. The van der Waals surface area contributed by atoms with Gasteiger partial charge in [-0.25, -0.2) is 9.97 Å². The van der Waals surface area contributed by atoms with Crippen LogP contribution in [0.5, 0.6) is 0 Å². The lowest BCUT2D eigenvalue weighted by molar-refractivity contribution is -0.384. The van der Waals surface area contributed by atoms with Gasteiger partial charge in [-0.15, -0.1) is 0 Å². The maximum absolute atomic E-state index is 10.6. The van der Waals surface area contributed by atoms with E-state index in [0.29, 0.717) is 16.6 Å². The Hall–Kier alpha value is -2.55. The van der Waals surface area contributed by atoms with E-state index in [2.05, 4.69) is 9.97 Å². The number of hydrogen-bond donors (Lipinski definition) is 0. The average molecular weight is 214 g/mol. The summed E-state index contributed by atoms with van der Waals surface area (Å²) in [6, 6.07) is 6.29. The van der Waals surface area contributed by atoms with E-state index >= 15 is 0 Å². The van der Waals surface area contributed by atoms with Gasteiger partial charge in [0.2, 0.25) is 0 Å². The van der Waals surface area contributed by atoms with E-state index in [9.17, 15) is 10.1 Å². The summed E-state index contributed by atoms with van der Waals surface area (Å²) < 4.78 is 0. The molecule has 1 aromatic heterocycles. The normalized spacial score (nSPS) is 9.94. The molecule has 0 saturated carbocycles. The summed E-state index contributed by atoms with van der Waals surface area (Å²) in [7, 11) is 0. The highest BCUT2D eigenvalue weighted by Gasteiger charge is 2.09. The van der Waals surface area contributed by atoms with E-state index in [-0.39, 0.29) is 12.1 Å². The lowest BCUT2D eigenvalue weighted by atomic mass is 10.1. The van der Waals surface area contributed by atoms with Gasteiger partial charge in [-0.05, 0) is 6.07 Å². The number of nitro groups is 1. The first-order chi connectivity index (χ1) is 7.72. The molecule has 1 heterocycles. The van der Waals surface area contributed by atoms with Crippen LogP contribution >= 0.6 is 0 Å². The Kier molecular flexibility index (Phi) is 2.44. The van der Waals surface area contributed by atoms with E-state index < -0.39 is 4.92 Å². The number of nitro benzene ring substituents is 1. The largest absolute Gasteiger partial charge is 0.270 e. The highest BCUT2D eigenvalue weighted by atomic mass is 16.6. The maximum Gasteiger partial charge on any atom is 0.270 e. The Balaban J connectivity index is 2.69. The SMILES string of the molecule is N#CCc1ncnc2ccc([N+](=O)[O-])cc12. The third-order valence-corrected chi connectivity index (χ3v) is 2.16. The molecule has 2 rings (SSSR count). The first-order valence-electron chi connectivity index (χ1n) is 4.47. The molecule has 0 bridgehead atoms. The minimum absolute atomic E-state index is 0.0264. The van der Waals surface area contributed by atoms with E-state index in [1.807, 2.05) is 6.07 Å². The third-order valence-electron chi connectivity index (χ3n) is 2.16. The van der Waals surface area contributed by atoms with Crippen molar-refractivity contribution in [1.29, 1.82) is 5.26 Å². The lowest BCUT2D eigenvalue weighted by Crippen LogP contribution is -1.94. The fourth-order valence-electron chi connectivity index (χ4n) is 1.43. The Morgan fingerprint density at radius 1 is 1.44 bits per heavy atom. The van der Waals surface area contributed by atoms with Gasteiger partial charge in [0, 0.05) is 17.5 Å². The van der Waals surface area contributed by atoms with Crippen molar-refractivity contribution in [2.45, 2.75) is 6.42 Å². The van der Waals surface area contributed by atoms with Crippen molar-refractivity contribution < 1.29 is 4.92 Å². The lowest BCUT2D eigenvalue weighted by Gasteiger charge is -2.00. The van der Waals surface area contributed by atoms with Gasteiger partial charge in [0.05, 0.1) is 28.6 Å². The van der Waals surface area contributed by atoms with E-state index in [1.54, 1.807) is 6.07 Å². The van der Waals surface area contributed by atoms with E-state index in [1.165, 1.54) is 18.5 Å². The average Bonchev–Trinajstić information content (AvgIpc) is 2.29. The quantitative estimate of drug-likeness (QED) is 0.559. The van der Waals surface area contributed by atoms with Crippen LogP contribution in [0.25, 0.3) is 10.9 Å². The third kappa shape index (κ3) is 1.66. The minimum atomic E-state index is -0.484. The van der Waals surface area contributed by atoms with Crippen molar-refractivity contribution in [1.82, 2.24) is 9.97 Å². The predicted octanol–water partition coefficient (Wildman–Crippen LogP) is 1.60. The summed E-state index contributed by atoms with van der Waals surface area (Å²) in [4.78, 5) is 18.1. The molecule has 0 spiro atoms. The number of fused-ring (bicyclic) bond motifs is 1. The number of aromatic nitrogens is 2. The fourth-order valence-corrected chi connectivity index (χ4v) is 1.43. The first kappa shape index (κ1) is 9.98. The summed E-state index contributed by atoms with van der Waals surface area (Å²) in [5.41, 5.74) is 1.09. The van der Waals surface area contributed by atoms with Gasteiger partial charge in [0.1, 0.15) is 6.33 Å². The van der Waals surface area contributed by atoms with Crippen molar-refractivity contribution in [2.24, 2.45) is 0 Å². The van der Waals surface area contributed by atoms with Crippen LogP contribution in [0.15, 0.2) is 24.5 Å². The number of non-ortho nitro benzene ring substituents is 1. The van der Waals surface area contributed by atoms with E-state index in [4.69, 9.17) is 5.26 Å². The Bertz CT molecular complexity index is 603. The van der Waals surface area contributed by atoms with Gasteiger partial charge >= 0.3 is 0 Å². The molecule has 78 valence electrons. The van der Waals surface area contributed by atoms with E-state index in [0.717, 1.165) is 0 Å². The van der Waals surface area contributed by atoms with Crippen LogP contribution in [-0.4, -0.2) is 14.9 Å². The van der Waals surface area contributed by atoms with Crippen molar-refractivity contribution >= 4 is 16.6 Å². The van der Waals surface area contributed by atoms with Crippen molar-refractivity contribution in [3.63, 3.8) is 0 Å². The first-order valence-corrected chi connectivity index (χ1v) is 4.47. The Morgan fingerprint density at radius 2 is 2.25 bits per heavy atom. The standard InChI is InChI=1S/C10H6N4O2/c11-4-3-10-8-5-7(14(15)16)1-2-9(8)12-6-13-10/h1-2,5-6H,3H2. The molecule has 16 heavy (non-hydrogen) atoms. The molecule has 2 aromatic rings. The van der Waals surface area contributed by atoms with Crippen molar-refractivity contribution in [3.05, 3.63) is 40.3 Å². The second-order valence-electron chi connectivity index (χ2n) is 3.11. The summed E-state index contributed by atoms with van der Waals surface area (Å²) in [5.74, 6) is 0. The zero-order valence-corrected chi connectivity index (χ0v) is 8.12.